The number of nitrogens with one attached hydrogen (secondary N) is 1. The number of hydrogen-bond donors (Lipinski definition) is 1. The van der Waals surface area contributed by atoms with Crippen LogP contribution in [0, 0.1) is 0 Å². The van der Waals surface area contributed by atoms with E-state index in [0.717, 1.165) is 17.7 Å². The molecule has 0 fully saturated rings. The molecule has 21 heavy (non-hydrogen) atoms. The Labute approximate surface area is 136 Å². The predicted molar refractivity (Wildman–Crippen MR) is 90.4 cm³/mol. The van der Waals surface area contributed by atoms with Crippen molar-refractivity contribution in [1.82, 2.24) is 5.32 Å². The minimum absolute atomic E-state index is 0.424. The van der Waals surface area contributed by atoms with Crippen LogP contribution < -0.4 is 10.1 Å². The van der Waals surface area contributed by atoms with Crippen molar-refractivity contribution in [2.45, 2.75) is 26.4 Å². The maximum atomic E-state index is 6.16. The highest BCUT2D eigenvalue weighted by Gasteiger charge is 2.09. The highest BCUT2D eigenvalue weighted by molar-refractivity contribution is 6.32. The summed E-state index contributed by atoms with van der Waals surface area (Å²) in [5, 5.41) is 4.75. The van der Waals surface area contributed by atoms with E-state index in [0.29, 0.717) is 21.8 Å². The van der Waals surface area contributed by atoms with Crippen molar-refractivity contribution < 1.29 is 4.74 Å². The molecule has 1 N–H and O–H groups in total. The van der Waals surface area contributed by atoms with Gasteiger partial charge in [0.05, 0.1) is 12.1 Å². The summed E-state index contributed by atoms with van der Waals surface area (Å²) < 4.78 is 5.29. The second-order valence-electron chi connectivity index (χ2n) is 5.19. The lowest BCUT2D eigenvalue weighted by molar-refractivity contribution is 0.415. The fraction of sp³-hybridized carbons (Fsp3) is 0.294. The third kappa shape index (κ3) is 4.13. The van der Waals surface area contributed by atoms with Gasteiger partial charge in [-0.25, -0.2) is 0 Å². The Balaban J connectivity index is 2.43. The van der Waals surface area contributed by atoms with E-state index in [-0.39, 0.29) is 0 Å². The number of methoxy groups -OCH3 is 1. The topological polar surface area (TPSA) is 21.3 Å². The number of hydrogen-bond acceptors (Lipinski definition) is 2. The van der Waals surface area contributed by atoms with Gasteiger partial charge in [-0.1, -0.05) is 49.2 Å². The van der Waals surface area contributed by atoms with E-state index in [1.165, 1.54) is 5.56 Å². The second kappa shape index (κ2) is 7.17. The molecular formula is C17H19Cl2NO. The van der Waals surface area contributed by atoms with Gasteiger partial charge in [-0.2, -0.15) is 0 Å². The molecule has 2 nitrogen and oxygen atoms in total. The Bertz CT molecular complexity index is 626. The molecule has 112 valence electrons. The van der Waals surface area contributed by atoms with Gasteiger partial charge < -0.3 is 10.1 Å². The van der Waals surface area contributed by atoms with E-state index in [1.54, 1.807) is 7.11 Å². The van der Waals surface area contributed by atoms with Crippen LogP contribution in [0.25, 0.3) is 11.1 Å². The van der Waals surface area contributed by atoms with Gasteiger partial charge >= 0.3 is 0 Å². The first kappa shape index (κ1) is 16.2. The van der Waals surface area contributed by atoms with Gasteiger partial charge in [0.2, 0.25) is 0 Å². The summed E-state index contributed by atoms with van der Waals surface area (Å²) in [6.45, 7) is 5.04. The zero-order valence-corrected chi connectivity index (χ0v) is 13.9. The van der Waals surface area contributed by atoms with E-state index in [1.807, 2.05) is 36.4 Å². The third-order valence-electron chi connectivity index (χ3n) is 3.23. The van der Waals surface area contributed by atoms with E-state index >= 15 is 0 Å². The number of halogens is 2. The van der Waals surface area contributed by atoms with Crippen molar-refractivity contribution in [1.29, 1.82) is 0 Å². The van der Waals surface area contributed by atoms with E-state index in [2.05, 4.69) is 19.2 Å². The second-order valence-corrected chi connectivity index (χ2v) is 6.03. The van der Waals surface area contributed by atoms with Crippen molar-refractivity contribution >= 4 is 23.2 Å². The van der Waals surface area contributed by atoms with Crippen molar-refractivity contribution in [2.75, 3.05) is 7.11 Å². The fourth-order valence-electron chi connectivity index (χ4n) is 2.11. The van der Waals surface area contributed by atoms with Gasteiger partial charge in [-0.05, 0) is 41.0 Å². The SMILES string of the molecule is COc1cc(-c2cc(Cl)ccc2CNC(C)C)ccc1Cl. The lowest BCUT2D eigenvalue weighted by atomic mass is 9.99. The minimum atomic E-state index is 0.424. The van der Waals surface area contributed by atoms with Crippen LogP contribution in [0.4, 0.5) is 0 Å². The minimum Gasteiger partial charge on any atom is -0.495 e. The first-order valence-corrected chi connectivity index (χ1v) is 7.62. The summed E-state index contributed by atoms with van der Waals surface area (Å²) in [5.41, 5.74) is 3.32. The molecule has 0 aliphatic rings. The lowest BCUT2D eigenvalue weighted by Crippen LogP contribution is -2.22. The Morgan fingerprint density at radius 1 is 1.10 bits per heavy atom. The molecule has 2 aromatic carbocycles. The average molecular weight is 324 g/mol. The molecule has 0 aliphatic carbocycles. The Morgan fingerprint density at radius 3 is 2.52 bits per heavy atom. The fourth-order valence-corrected chi connectivity index (χ4v) is 2.48. The zero-order chi connectivity index (χ0) is 15.4. The summed E-state index contributed by atoms with van der Waals surface area (Å²) in [4.78, 5) is 0. The number of benzene rings is 2. The van der Waals surface area contributed by atoms with Crippen molar-refractivity contribution in [3.8, 4) is 16.9 Å². The van der Waals surface area contributed by atoms with E-state index < -0.39 is 0 Å². The normalized spacial score (nSPS) is 11.0. The molecule has 2 aromatic rings. The molecule has 0 aromatic heterocycles. The highest BCUT2D eigenvalue weighted by Crippen LogP contribution is 2.33. The molecule has 0 spiro atoms. The van der Waals surface area contributed by atoms with Crippen LogP contribution in [0.2, 0.25) is 10.0 Å². The molecule has 0 radical (unpaired) electrons. The smallest absolute Gasteiger partial charge is 0.138 e. The van der Waals surface area contributed by atoms with Gasteiger partial charge in [-0.3, -0.25) is 0 Å². The molecule has 2 rings (SSSR count). The summed E-state index contributed by atoms with van der Waals surface area (Å²) in [5.74, 6) is 0.664. The molecular weight excluding hydrogens is 305 g/mol. The molecule has 0 heterocycles. The molecule has 0 bridgehead atoms. The van der Waals surface area contributed by atoms with Gasteiger partial charge in [0.25, 0.3) is 0 Å². The molecule has 0 saturated heterocycles. The van der Waals surface area contributed by atoms with Crippen molar-refractivity contribution in [3.63, 3.8) is 0 Å². The van der Waals surface area contributed by atoms with Crippen LogP contribution in [0.5, 0.6) is 5.75 Å². The molecule has 0 aliphatic heterocycles. The van der Waals surface area contributed by atoms with Crippen molar-refractivity contribution in [2.24, 2.45) is 0 Å². The van der Waals surface area contributed by atoms with Gasteiger partial charge in [0.1, 0.15) is 5.75 Å². The Hall–Kier alpha value is -1.22. The highest BCUT2D eigenvalue weighted by atomic mass is 35.5. The summed E-state index contributed by atoms with van der Waals surface area (Å²) in [7, 11) is 1.62. The Kier molecular flexibility index (Phi) is 5.51. The van der Waals surface area contributed by atoms with E-state index in [4.69, 9.17) is 27.9 Å². The first-order valence-electron chi connectivity index (χ1n) is 6.87. The van der Waals surface area contributed by atoms with Gasteiger partial charge in [0.15, 0.2) is 0 Å². The largest absolute Gasteiger partial charge is 0.495 e. The summed E-state index contributed by atoms with van der Waals surface area (Å²) >= 11 is 12.3. The van der Waals surface area contributed by atoms with Crippen LogP contribution >= 0.6 is 23.2 Å². The maximum absolute atomic E-state index is 6.16. The standard InChI is InChI=1S/C17H19Cl2NO/c1-11(2)20-10-13-4-6-14(18)9-15(13)12-5-7-16(19)17(8-12)21-3/h4-9,11,20H,10H2,1-3H3. The summed E-state index contributed by atoms with van der Waals surface area (Å²) in [6.07, 6.45) is 0. The molecule has 0 amide bonds. The van der Waals surface area contributed by atoms with Crippen LogP contribution in [0.15, 0.2) is 36.4 Å². The maximum Gasteiger partial charge on any atom is 0.138 e. The van der Waals surface area contributed by atoms with Crippen LogP contribution in [0.3, 0.4) is 0 Å². The monoisotopic (exact) mass is 323 g/mol. The molecule has 4 heteroatoms. The quantitative estimate of drug-likeness (QED) is 0.819. The third-order valence-corrected chi connectivity index (χ3v) is 3.78. The predicted octanol–water partition coefficient (Wildman–Crippen LogP) is 5.17. The van der Waals surface area contributed by atoms with E-state index in [9.17, 15) is 0 Å². The zero-order valence-electron chi connectivity index (χ0n) is 12.4. The van der Waals surface area contributed by atoms with Gasteiger partial charge in [0, 0.05) is 17.6 Å². The molecule has 0 unspecified atom stereocenters. The number of rotatable bonds is 5. The van der Waals surface area contributed by atoms with Crippen LogP contribution in [-0.4, -0.2) is 13.2 Å². The lowest BCUT2D eigenvalue weighted by Gasteiger charge is -2.14. The van der Waals surface area contributed by atoms with Crippen molar-refractivity contribution in [3.05, 3.63) is 52.0 Å². The Morgan fingerprint density at radius 2 is 1.86 bits per heavy atom. The first-order chi connectivity index (χ1) is 10.0. The molecule has 0 atom stereocenters. The average Bonchev–Trinajstić information content (AvgIpc) is 2.46. The van der Waals surface area contributed by atoms with Crippen LogP contribution in [0.1, 0.15) is 19.4 Å². The molecule has 0 saturated carbocycles. The van der Waals surface area contributed by atoms with Crippen LogP contribution in [-0.2, 0) is 6.54 Å². The van der Waals surface area contributed by atoms with Gasteiger partial charge in [-0.15, -0.1) is 0 Å². The number of ether oxygens (including phenoxy) is 1. The summed E-state index contributed by atoms with van der Waals surface area (Å²) in [6, 6.07) is 12.1.